The van der Waals surface area contributed by atoms with Crippen LogP contribution in [0.2, 0.25) is 0 Å². The standard InChI is InChI=1S/C50H80NO9P/c1-6-8-9-10-11-12-13-14-15-16-17-18-19-23-26-29-32-35-38-41-49(53)57-45-48(46-59-61(55,56)58-44-43-51(3,4)5)60-50(54)42-39-36-33-30-27-24-21-20-22-25-28-31-34-37-40-47(52)7-2/h8-9,11-12,14-15,17-18,21-26,30-31,33-34,37,40,47-48,52H,6-7,10,13,16,19-20,27-29,32,35-36,38-39,41-46H2,1-5H3/b9-8-,12-11-,15-14-,18-17-,24-21-,25-22-,26-23-,33-30-,34-31-,40-37+/t47-,48-/m1/s1. The number of nitrogens with zero attached hydrogens (tertiary/aromatic N) is 1. The van der Waals surface area contributed by atoms with E-state index < -0.39 is 32.5 Å². The number of aliphatic hydroxyl groups excluding tert-OH is 1. The molecule has 0 saturated heterocycles. The van der Waals surface area contributed by atoms with Crippen molar-refractivity contribution in [2.75, 3.05) is 47.5 Å². The van der Waals surface area contributed by atoms with E-state index in [2.05, 4.69) is 92.0 Å². The van der Waals surface area contributed by atoms with Gasteiger partial charge in [-0.25, -0.2) is 0 Å². The molecule has 0 aliphatic heterocycles. The van der Waals surface area contributed by atoms with E-state index in [1.807, 2.05) is 58.4 Å². The van der Waals surface area contributed by atoms with Crippen LogP contribution < -0.4 is 4.89 Å². The molecule has 0 aromatic heterocycles. The maximum atomic E-state index is 12.7. The normalized spacial score (nSPS) is 15.2. The van der Waals surface area contributed by atoms with Gasteiger partial charge in [0.05, 0.1) is 33.9 Å². The third-order valence-corrected chi connectivity index (χ3v) is 9.60. The lowest BCUT2D eigenvalue weighted by Crippen LogP contribution is -2.37. The first kappa shape index (κ1) is 57.4. The zero-order valence-electron chi connectivity index (χ0n) is 38.2. The largest absolute Gasteiger partial charge is 0.756 e. The highest BCUT2D eigenvalue weighted by atomic mass is 31.2. The number of ether oxygens (including phenoxy) is 2. The van der Waals surface area contributed by atoms with Crippen LogP contribution in [0.4, 0.5) is 0 Å². The van der Waals surface area contributed by atoms with Crippen molar-refractivity contribution in [2.45, 2.75) is 135 Å². The number of allylic oxidation sites excluding steroid dienone is 19. The Bertz CT molecular complexity index is 1460. The van der Waals surface area contributed by atoms with E-state index in [-0.39, 0.29) is 32.2 Å². The molecular formula is C50H80NO9P. The minimum atomic E-state index is -4.67. The van der Waals surface area contributed by atoms with Crippen LogP contribution >= 0.6 is 7.82 Å². The minimum Gasteiger partial charge on any atom is -0.756 e. The van der Waals surface area contributed by atoms with Crippen LogP contribution in [0.25, 0.3) is 0 Å². The van der Waals surface area contributed by atoms with Crippen molar-refractivity contribution in [2.24, 2.45) is 0 Å². The quantitative estimate of drug-likeness (QED) is 0.0161. The fourth-order valence-electron chi connectivity index (χ4n) is 5.02. The Hall–Kier alpha value is -3.63. The highest BCUT2D eigenvalue weighted by Crippen LogP contribution is 2.38. The highest BCUT2D eigenvalue weighted by molar-refractivity contribution is 7.45. The molecule has 10 nitrogen and oxygen atoms in total. The summed E-state index contributed by atoms with van der Waals surface area (Å²) in [6.07, 6.45) is 53.3. The van der Waals surface area contributed by atoms with E-state index in [1.165, 1.54) is 0 Å². The maximum Gasteiger partial charge on any atom is 0.306 e. The Morgan fingerprint density at radius 2 is 1.10 bits per heavy atom. The molecule has 0 fully saturated rings. The summed E-state index contributed by atoms with van der Waals surface area (Å²) in [5.41, 5.74) is 0. The van der Waals surface area contributed by atoms with Crippen LogP contribution in [0.5, 0.6) is 0 Å². The van der Waals surface area contributed by atoms with Gasteiger partial charge in [-0.15, -0.1) is 0 Å². The molecule has 0 aliphatic rings. The number of phosphoric acid groups is 1. The average molecular weight is 870 g/mol. The molecular weight excluding hydrogens is 790 g/mol. The third-order valence-electron chi connectivity index (χ3n) is 8.63. The number of carbonyl (C=O) groups is 2. The zero-order valence-corrected chi connectivity index (χ0v) is 39.1. The van der Waals surface area contributed by atoms with E-state index in [0.29, 0.717) is 36.7 Å². The van der Waals surface area contributed by atoms with E-state index in [4.69, 9.17) is 18.5 Å². The number of hydrogen-bond donors (Lipinski definition) is 1. The second-order valence-electron chi connectivity index (χ2n) is 15.5. The van der Waals surface area contributed by atoms with E-state index >= 15 is 0 Å². The molecule has 0 spiro atoms. The molecule has 0 heterocycles. The molecule has 3 atom stereocenters. The molecule has 0 amide bonds. The van der Waals surface area contributed by atoms with Gasteiger partial charge in [-0.05, 0) is 89.9 Å². The molecule has 0 rings (SSSR count). The molecule has 0 saturated carbocycles. The molecule has 1 unspecified atom stereocenters. The number of phosphoric ester groups is 1. The summed E-state index contributed by atoms with van der Waals surface area (Å²) in [7, 11) is 1.06. The predicted octanol–water partition coefficient (Wildman–Crippen LogP) is 11.2. The van der Waals surface area contributed by atoms with Crippen LogP contribution in [0.1, 0.15) is 123 Å². The number of quaternary nitrogens is 1. The van der Waals surface area contributed by atoms with Crippen molar-refractivity contribution >= 4 is 19.8 Å². The Labute approximate surface area is 370 Å². The summed E-state index contributed by atoms with van der Waals surface area (Å²) in [5, 5.41) is 9.49. The average Bonchev–Trinajstić information content (AvgIpc) is 3.21. The molecule has 0 aliphatic carbocycles. The first-order valence-corrected chi connectivity index (χ1v) is 23.8. The van der Waals surface area contributed by atoms with Crippen LogP contribution in [0, 0.1) is 0 Å². The lowest BCUT2D eigenvalue weighted by molar-refractivity contribution is -0.870. The van der Waals surface area contributed by atoms with Gasteiger partial charge in [-0.1, -0.05) is 142 Å². The molecule has 0 aromatic carbocycles. The van der Waals surface area contributed by atoms with Crippen LogP contribution in [0.3, 0.4) is 0 Å². The zero-order chi connectivity index (χ0) is 45.1. The van der Waals surface area contributed by atoms with Gasteiger partial charge in [0.15, 0.2) is 6.10 Å². The van der Waals surface area contributed by atoms with E-state index in [1.54, 1.807) is 6.08 Å². The fourth-order valence-corrected chi connectivity index (χ4v) is 5.75. The number of unbranched alkanes of at least 4 members (excludes halogenated alkanes) is 4. The van der Waals surface area contributed by atoms with Crippen molar-refractivity contribution in [1.29, 1.82) is 0 Å². The monoisotopic (exact) mass is 870 g/mol. The van der Waals surface area contributed by atoms with Gasteiger partial charge in [0, 0.05) is 12.8 Å². The Kier molecular flexibility index (Phi) is 38.0. The second-order valence-corrected chi connectivity index (χ2v) is 16.9. The fraction of sp³-hybridized carbons (Fsp3) is 0.560. The summed E-state index contributed by atoms with van der Waals surface area (Å²) >= 11 is 0. The van der Waals surface area contributed by atoms with Gasteiger partial charge in [0.1, 0.15) is 19.8 Å². The summed E-state index contributed by atoms with van der Waals surface area (Å²) < 4.78 is 33.8. The molecule has 0 aromatic rings. The maximum absolute atomic E-state index is 12.7. The Balaban J connectivity index is 4.55. The highest BCUT2D eigenvalue weighted by Gasteiger charge is 2.21. The number of hydrogen-bond acceptors (Lipinski definition) is 9. The molecule has 61 heavy (non-hydrogen) atoms. The first-order valence-electron chi connectivity index (χ1n) is 22.4. The number of aliphatic hydroxyl groups is 1. The molecule has 11 heteroatoms. The van der Waals surface area contributed by atoms with E-state index in [0.717, 1.165) is 70.6 Å². The Morgan fingerprint density at radius 1 is 0.607 bits per heavy atom. The summed E-state index contributed by atoms with van der Waals surface area (Å²) in [6, 6.07) is 0. The summed E-state index contributed by atoms with van der Waals surface area (Å²) in [4.78, 5) is 37.6. The summed E-state index contributed by atoms with van der Waals surface area (Å²) in [6.45, 7) is 3.62. The number of carbonyl (C=O) groups excluding carboxylic acids is 2. The van der Waals surface area contributed by atoms with Crippen LogP contribution in [0.15, 0.2) is 122 Å². The molecule has 0 bridgehead atoms. The molecule has 1 N–H and O–H groups in total. The lowest BCUT2D eigenvalue weighted by atomic mass is 10.1. The van der Waals surface area contributed by atoms with Gasteiger partial charge in [0.25, 0.3) is 7.82 Å². The van der Waals surface area contributed by atoms with Gasteiger partial charge in [-0.3, -0.25) is 14.2 Å². The van der Waals surface area contributed by atoms with Crippen molar-refractivity contribution in [3.8, 4) is 0 Å². The predicted molar refractivity (Wildman–Crippen MR) is 250 cm³/mol. The minimum absolute atomic E-state index is 0.0615. The van der Waals surface area contributed by atoms with Crippen LogP contribution in [-0.2, 0) is 32.7 Å². The van der Waals surface area contributed by atoms with Gasteiger partial charge in [-0.2, -0.15) is 0 Å². The van der Waals surface area contributed by atoms with Gasteiger partial charge < -0.3 is 33.0 Å². The number of rotatable bonds is 38. The smallest absolute Gasteiger partial charge is 0.306 e. The van der Waals surface area contributed by atoms with Crippen molar-refractivity contribution in [1.82, 2.24) is 0 Å². The van der Waals surface area contributed by atoms with E-state index in [9.17, 15) is 24.2 Å². The van der Waals surface area contributed by atoms with Gasteiger partial charge in [0.2, 0.25) is 0 Å². The number of likely N-dealkylation sites (N-methyl/N-ethyl adjacent to an activating group) is 1. The SMILES string of the molecule is CC/C=C\C/C=C\C/C=C\C/C=C\C/C=C\CCCCCC(=O)OC[C@H](COP(=O)([O-])OCC[N+](C)(C)C)OC(=O)CCC/C=C\C/C=C\C/C=C\C/C=C\C=C\[C@H](O)CC. The Morgan fingerprint density at radius 3 is 1.62 bits per heavy atom. The van der Waals surface area contributed by atoms with Crippen molar-refractivity contribution in [3.05, 3.63) is 122 Å². The third kappa shape index (κ3) is 44.2. The van der Waals surface area contributed by atoms with Gasteiger partial charge >= 0.3 is 11.9 Å². The molecule has 344 valence electrons. The van der Waals surface area contributed by atoms with Crippen LogP contribution in [-0.4, -0.2) is 81.2 Å². The van der Waals surface area contributed by atoms with Crippen molar-refractivity contribution < 1.29 is 47.2 Å². The van der Waals surface area contributed by atoms with Crippen molar-refractivity contribution in [3.63, 3.8) is 0 Å². The second kappa shape index (κ2) is 40.4. The summed E-state index contributed by atoms with van der Waals surface area (Å²) in [5.74, 6) is -0.975. The number of esters is 2. The lowest BCUT2D eigenvalue weighted by Gasteiger charge is -2.28. The molecule has 0 radical (unpaired) electrons. The topological polar surface area (TPSA) is 131 Å². The first-order chi connectivity index (χ1) is 29.4.